The minimum atomic E-state index is -1.29. The minimum Gasteiger partial charge on any atom is -0.368 e. The highest BCUT2D eigenvalue weighted by Gasteiger charge is 2.33. The molecule has 3 aromatic carbocycles. The summed E-state index contributed by atoms with van der Waals surface area (Å²) in [5, 5.41) is 16.5. The zero-order valence-corrected chi connectivity index (χ0v) is 39.2. The van der Waals surface area contributed by atoms with Crippen molar-refractivity contribution in [2.75, 3.05) is 32.7 Å². The van der Waals surface area contributed by atoms with Gasteiger partial charge in [-0.2, -0.15) is 0 Å². The Labute approximate surface area is 405 Å². The molecule has 0 bridgehead atoms. The van der Waals surface area contributed by atoms with Gasteiger partial charge in [0.2, 0.25) is 29.5 Å². The molecule has 8 amide bonds. The molecule has 368 valence electrons. The number of hydrogen-bond donors (Lipinski definition) is 10. The van der Waals surface area contributed by atoms with E-state index in [1.54, 1.807) is 12.4 Å². The summed E-state index contributed by atoms with van der Waals surface area (Å²) >= 11 is 0. The molecule has 3 heterocycles. The van der Waals surface area contributed by atoms with E-state index in [4.69, 9.17) is 11.5 Å². The fraction of sp³-hybridized carbons (Fsp3) is 0.392. The summed E-state index contributed by atoms with van der Waals surface area (Å²) in [5.74, 6) is 2.43. The number of aromatic amines is 2. The van der Waals surface area contributed by atoms with E-state index < -0.39 is 78.2 Å². The molecule has 19 heteroatoms. The maximum Gasteiger partial charge on any atom is 0.337 e. The van der Waals surface area contributed by atoms with Crippen molar-refractivity contribution in [3.05, 3.63) is 108 Å². The molecule has 2 aliphatic rings. The van der Waals surface area contributed by atoms with Crippen molar-refractivity contribution in [2.24, 2.45) is 17.4 Å². The third kappa shape index (κ3) is 14.0. The number of benzene rings is 3. The fourth-order valence-electron chi connectivity index (χ4n) is 8.50. The van der Waals surface area contributed by atoms with E-state index in [2.05, 4.69) is 58.7 Å². The Morgan fingerprint density at radius 1 is 0.657 bits per heavy atom. The molecule has 5 aromatic rings. The third-order valence-electron chi connectivity index (χ3n) is 12.6. The van der Waals surface area contributed by atoms with Crippen molar-refractivity contribution in [1.82, 2.24) is 51.9 Å². The lowest BCUT2D eigenvalue weighted by molar-refractivity contribution is -0.134. The van der Waals surface area contributed by atoms with Gasteiger partial charge in [-0.25, -0.2) is 9.80 Å². The molecule has 2 aromatic heterocycles. The van der Waals surface area contributed by atoms with Gasteiger partial charge in [-0.05, 0) is 80.3 Å². The number of nitrogens with two attached hydrogens (primary N) is 2. The van der Waals surface area contributed by atoms with Crippen LogP contribution in [0.5, 0.6) is 0 Å². The topological polar surface area (TPSA) is 282 Å². The number of carbonyl (C=O) groups is 7. The number of H-pyrrole nitrogens is 2. The van der Waals surface area contributed by atoms with Crippen LogP contribution in [0.1, 0.15) is 55.7 Å². The van der Waals surface area contributed by atoms with Crippen LogP contribution in [0, 0.1) is 17.8 Å². The zero-order valence-electron chi connectivity index (χ0n) is 39.2. The lowest BCUT2D eigenvalue weighted by atomic mass is 10.0. The summed E-state index contributed by atoms with van der Waals surface area (Å²) in [6.07, 6.45) is 7.09. The van der Waals surface area contributed by atoms with Crippen molar-refractivity contribution < 1.29 is 33.6 Å². The predicted molar refractivity (Wildman–Crippen MR) is 264 cm³/mol. The van der Waals surface area contributed by atoms with E-state index in [1.807, 2.05) is 78.9 Å². The number of primary amides is 1. The lowest BCUT2D eigenvalue weighted by Gasteiger charge is -2.27. The second-order valence-electron chi connectivity index (χ2n) is 18.0. The molecule has 19 nitrogen and oxygen atoms in total. The molecule has 0 radical (unpaired) electrons. The molecular formula is C51H62N12O7. The summed E-state index contributed by atoms with van der Waals surface area (Å²) in [5.41, 5.74) is 17.7. The van der Waals surface area contributed by atoms with E-state index in [9.17, 15) is 33.6 Å². The number of hydrazine groups is 1. The molecule has 0 unspecified atom stereocenters. The van der Waals surface area contributed by atoms with Gasteiger partial charge in [0, 0.05) is 60.0 Å². The summed E-state index contributed by atoms with van der Waals surface area (Å²) in [6, 6.07) is 17.1. The number of carbonyl (C=O) groups excluding carboxylic acids is 7. The van der Waals surface area contributed by atoms with Crippen LogP contribution in [0.25, 0.3) is 21.8 Å². The average molecular weight is 955 g/mol. The highest BCUT2D eigenvalue weighted by atomic mass is 16.2. The normalized spacial score (nSPS) is 22.0. The van der Waals surface area contributed by atoms with Crippen LogP contribution in [0.4, 0.5) is 4.79 Å². The van der Waals surface area contributed by atoms with Crippen molar-refractivity contribution in [3.63, 3.8) is 0 Å². The molecule has 70 heavy (non-hydrogen) atoms. The van der Waals surface area contributed by atoms with Crippen molar-refractivity contribution in [1.29, 1.82) is 0 Å². The predicted octanol–water partition coefficient (Wildman–Crippen LogP) is 1.39. The van der Waals surface area contributed by atoms with Crippen molar-refractivity contribution >= 4 is 63.3 Å². The highest BCUT2D eigenvalue weighted by molar-refractivity contribution is 5.97. The van der Waals surface area contributed by atoms with Crippen LogP contribution < -0.4 is 43.5 Å². The molecule has 1 saturated carbocycles. The maximum atomic E-state index is 14.6. The summed E-state index contributed by atoms with van der Waals surface area (Å²) in [4.78, 5) is 106. The Morgan fingerprint density at radius 2 is 1.21 bits per heavy atom. The van der Waals surface area contributed by atoms with Crippen LogP contribution in [0.2, 0.25) is 0 Å². The molecule has 5 atom stereocenters. The Balaban J connectivity index is 1.21. The first-order valence-corrected chi connectivity index (χ1v) is 23.8. The summed E-state index contributed by atoms with van der Waals surface area (Å²) < 4.78 is 0. The quantitative estimate of drug-likeness (QED) is 0.0856. The maximum absolute atomic E-state index is 14.6. The van der Waals surface area contributed by atoms with Gasteiger partial charge in [0.15, 0.2) is 0 Å². The van der Waals surface area contributed by atoms with Gasteiger partial charge < -0.3 is 48.0 Å². The van der Waals surface area contributed by atoms with Gasteiger partial charge in [0.25, 0.3) is 5.91 Å². The molecule has 7 rings (SSSR count). The van der Waals surface area contributed by atoms with Gasteiger partial charge in [0.05, 0.1) is 13.1 Å². The lowest BCUT2D eigenvalue weighted by Crippen LogP contribution is -2.60. The molecule has 1 aliphatic heterocycles. The van der Waals surface area contributed by atoms with E-state index in [0.29, 0.717) is 43.0 Å². The molecule has 0 saturated heterocycles. The number of urea groups is 1. The molecule has 1 fully saturated rings. The largest absolute Gasteiger partial charge is 0.368 e. The van der Waals surface area contributed by atoms with Gasteiger partial charge in [-0.1, -0.05) is 78.6 Å². The summed E-state index contributed by atoms with van der Waals surface area (Å²) in [7, 11) is 0. The zero-order chi connectivity index (χ0) is 49.6. The van der Waals surface area contributed by atoms with Crippen molar-refractivity contribution in [3.8, 4) is 11.8 Å². The number of rotatable bonds is 11. The number of fused-ring (bicyclic) bond motifs is 2. The number of para-hydroxylation sites is 2. The Morgan fingerprint density at radius 3 is 1.84 bits per heavy atom. The molecule has 0 spiro atoms. The Kier molecular flexibility index (Phi) is 17.2. The van der Waals surface area contributed by atoms with Crippen LogP contribution in [-0.2, 0) is 48.0 Å². The van der Waals surface area contributed by atoms with Gasteiger partial charge >= 0.3 is 6.03 Å². The Bertz CT molecular complexity index is 2720. The van der Waals surface area contributed by atoms with Crippen LogP contribution in [0.15, 0.2) is 91.3 Å². The second kappa shape index (κ2) is 24.0. The standard InChI is InChI=1S/C51H62N12O7/c1-32-47(66)58-43(26-35-29-54-39-17-7-5-15-37(35)39)50(69)59-42(25-33-13-3-2-4-14-33)49(68)57-41(46(53)65)19-9-10-22-62(31-34-20-21-34)23-11-12-24-63(61-45(64)28-52)51(70)60-44(48(67)56-32)27-36-30-55-40-18-8-6-16-38(36)40/h2-8,13-18,29-30,32,34,41-44,54-55H,9-10,19-28,31,52H2,1H3,(H2,53,65)(H,56,67)(H,57,68)(H,58,66)(H,59,69)(H,60,70)(H,61,64)/t32-,41-,42+,43-,44+/m0/s1. The first kappa shape index (κ1) is 50.2. The highest BCUT2D eigenvalue weighted by Crippen LogP contribution is 2.30. The van der Waals surface area contributed by atoms with E-state index in [0.717, 1.165) is 51.8 Å². The number of aromatic nitrogens is 2. The van der Waals surface area contributed by atoms with E-state index in [1.165, 1.54) is 6.92 Å². The van der Waals surface area contributed by atoms with Crippen molar-refractivity contribution in [2.45, 2.75) is 88.5 Å². The number of hydrogen-bond acceptors (Lipinski definition) is 9. The molecule has 12 N–H and O–H groups in total. The Hall–Kier alpha value is -7.69. The first-order valence-electron chi connectivity index (χ1n) is 23.8. The monoisotopic (exact) mass is 954 g/mol. The molecular weight excluding hydrogens is 893 g/mol. The SMILES string of the molecule is C[C@@H]1NC(=O)[C@@H](Cc2c[nH]c3ccccc23)NC(=O)N(NC(=O)CN)CC#CCN(CC2CC2)CCCC[C@@H](C(N)=O)NC(=O)[C@@H](Cc2ccccc2)NC(=O)[C@H](Cc2c[nH]c3ccccc23)NC1=O. The fourth-order valence-corrected chi connectivity index (χ4v) is 8.50. The molecule has 1 aliphatic carbocycles. The number of nitrogens with zero attached hydrogens (tertiary/aromatic N) is 2. The van der Waals surface area contributed by atoms with Gasteiger partial charge in [-0.3, -0.25) is 39.1 Å². The van der Waals surface area contributed by atoms with Crippen LogP contribution in [-0.4, -0.2) is 124 Å². The summed E-state index contributed by atoms with van der Waals surface area (Å²) in [6.45, 7) is 2.53. The van der Waals surface area contributed by atoms with Gasteiger partial charge in [0.1, 0.15) is 36.8 Å². The average Bonchev–Trinajstić information content (AvgIpc) is 3.95. The van der Waals surface area contributed by atoms with Crippen LogP contribution >= 0.6 is 0 Å². The van der Waals surface area contributed by atoms with Crippen LogP contribution in [0.3, 0.4) is 0 Å². The third-order valence-corrected chi connectivity index (χ3v) is 12.6. The van der Waals surface area contributed by atoms with E-state index >= 15 is 0 Å². The van der Waals surface area contributed by atoms with Gasteiger partial charge in [-0.15, -0.1) is 0 Å². The number of nitrogens with one attached hydrogen (secondary N) is 8. The first-order chi connectivity index (χ1) is 33.8. The smallest absolute Gasteiger partial charge is 0.337 e. The number of amides is 8. The minimum absolute atomic E-state index is 0.0178. The second-order valence-corrected chi connectivity index (χ2v) is 18.0. The van der Waals surface area contributed by atoms with E-state index in [-0.39, 0.29) is 32.2 Å².